The predicted octanol–water partition coefficient (Wildman–Crippen LogP) is 3.41. The number of anilines is 1. The van der Waals surface area contributed by atoms with E-state index in [0.29, 0.717) is 18.0 Å². The summed E-state index contributed by atoms with van der Waals surface area (Å²) in [5.41, 5.74) is 2.97. The lowest BCUT2D eigenvalue weighted by Gasteiger charge is -2.32. The largest absolute Gasteiger partial charge is 0.497 e. The maximum atomic E-state index is 13.6. The lowest BCUT2D eigenvalue weighted by molar-refractivity contribution is -0.139. The number of sulfonamides is 1. The lowest BCUT2D eigenvalue weighted by atomic mass is 10.1. The minimum atomic E-state index is -3.76. The number of rotatable bonds is 12. The van der Waals surface area contributed by atoms with Crippen molar-refractivity contribution in [2.75, 3.05) is 30.8 Å². The van der Waals surface area contributed by atoms with Crippen molar-refractivity contribution in [2.45, 2.75) is 53.1 Å². The molecule has 0 aliphatic carbocycles. The van der Waals surface area contributed by atoms with Gasteiger partial charge >= 0.3 is 0 Å². The van der Waals surface area contributed by atoms with E-state index in [1.165, 1.54) is 4.90 Å². The molecule has 9 heteroatoms. The fraction of sp³-hybridized carbons (Fsp3) is 0.462. The minimum absolute atomic E-state index is 0.148. The van der Waals surface area contributed by atoms with E-state index in [1.807, 2.05) is 45.0 Å². The summed E-state index contributed by atoms with van der Waals surface area (Å²) in [5, 5.41) is 2.87. The van der Waals surface area contributed by atoms with E-state index in [-0.39, 0.29) is 12.5 Å². The van der Waals surface area contributed by atoms with Gasteiger partial charge in [-0.3, -0.25) is 13.9 Å². The monoisotopic (exact) mass is 503 g/mol. The molecule has 2 rings (SSSR count). The van der Waals surface area contributed by atoms with Gasteiger partial charge in [-0.2, -0.15) is 0 Å². The number of methoxy groups -OCH3 is 1. The van der Waals surface area contributed by atoms with E-state index in [1.54, 1.807) is 32.2 Å². The molecule has 0 aliphatic rings. The van der Waals surface area contributed by atoms with Crippen molar-refractivity contribution in [1.29, 1.82) is 0 Å². The van der Waals surface area contributed by atoms with Crippen molar-refractivity contribution >= 4 is 27.5 Å². The predicted molar refractivity (Wildman–Crippen MR) is 139 cm³/mol. The zero-order valence-electron chi connectivity index (χ0n) is 21.5. The molecule has 1 atom stereocenters. The molecule has 0 radical (unpaired) electrons. The summed E-state index contributed by atoms with van der Waals surface area (Å²) in [4.78, 5) is 27.8. The van der Waals surface area contributed by atoms with Gasteiger partial charge in [0.1, 0.15) is 18.3 Å². The number of unbranched alkanes of at least 4 members (excludes halogenated alkanes) is 1. The maximum absolute atomic E-state index is 13.6. The Hall–Kier alpha value is -3.07. The number of nitrogens with zero attached hydrogens (tertiary/aromatic N) is 2. The van der Waals surface area contributed by atoms with Gasteiger partial charge in [0, 0.05) is 13.1 Å². The molecule has 0 saturated carbocycles. The van der Waals surface area contributed by atoms with E-state index in [4.69, 9.17) is 4.74 Å². The van der Waals surface area contributed by atoms with Crippen LogP contribution >= 0.6 is 0 Å². The summed E-state index contributed by atoms with van der Waals surface area (Å²) in [7, 11) is -2.19. The molecule has 2 aromatic rings. The topological polar surface area (TPSA) is 96.0 Å². The standard InChI is InChI=1S/C26H37N3O5S/c1-7-8-15-27-26(31)21(4)28(17-22-10-12-23(34-5)13-11-22)25(30)18-29(35(6,32)33)24-14-9-19(2)16-20(24)3/h9-14,16,21H,7-8,15,17-18H2,1-6H3,(H,27,31). The Bertz CT molecular complexity index is 1120. The molecule has 0 bridgehead atoms. The number of carbonyl (C=O) groups is 2. The second-order valence-electron chi connectivity index (χ2n) is 8.75. The number of aryl methyl sites for hydroxylation is 2. The number of hydrogen-bond donors (Lipinski definition) is 1. The molecule has 0 spiro atoms. The maximum Gasteiger partial charge on any atom is 0.244 e. The third kappa shape index (κ3) is 7.99. The number of amides is 2. The number of benzene rings is 2. The van der Waals surface area contributed by atoms with Gasteiger partial charge in [0.05, 0.1) is 19.1 Å². The summed E-state index contributed by atoms with van der Waals surface area (Å²) in [5.74, 6) is -0.0721. The molecule has 35 heavy (non-hydrogen) atoms. The van der Waals surface area contributed by atoms with Gasteiger partial charge in [-0.25, -0.2) is 8.42 Å². The molecule has 2 amide bonds. The lowest BCUT2D eigenvalue weighted by Crippen LogP contribution is -2.51. The van der Waals surface area contributed by atoms with Crippen LogP contribution in [0.25, 0.3) is 0 Å². The van der Waals surface area contributed by atoms with Crippen LogP contribution < -0.4 is 14.4 Å². The van der Waals surface area contributed by atoms with Crippen LogP contribution in [0.1, 0.15) is 43.4 Å². The van der Waals surface area contributed by atoms with Crippen molar-refractivity contribution in [1.82, 2.24) is 10.2 Å². The second-order valence-corrected chi connectivity index (χ2v) is 10.7. The van der Waals surface area contributed by atoms with Gasteiger partial charge in [0.15, 0.2) is 0 Å². The minimum Gasteiger partial charge on any atom is -0.497 e. The van der Waals surface area contributed by atoms with E-state index in [2.05, 4.69) is 5.32 Å². The van der Waals surface area contributed by atoms with Crippen molar-refractivity contribution in [3.05, 3.63) is 59.2 Å². The quantitative estimate of drug-likeness (QED) is 0.448. The summed E-state index contributed by atoms with van der Waals surface area (Å²) in [6, 6.07) is 11.8. The SMILES string of the molecule is CCCCNC(=O)C(C)N(Cc1ccc(OC)cc1)C(=O)CN(c1ccc(C)cc1C)S(C)(=O)=O. The second kappa shape index (κ2) is 12.6. The summed E-state index contributed by atoms with van der Waals surface area (Å²) >= 11 is 0. The molecular formula is C26H37N3O5S. The Balaban J connectivity index is 2.37. The highest BCUT2D eigenvalue weighted by molar-refractivity contribution is 7.92. The summed E-state index contributed by atoms with van der Waals surface area (Å²) in [6.07, 6.45) is 2.84. The first-order valence-corrected chi connectivity index (χ1v) is 13.6. The van der Waals surface area contributed by atoms with Crippen LogP contribution in [0.3, 0.4) is 0 Å². The molecule has 1 N–H and O–H groups in total. The number of carbonyl (C=O) groups excluding carboxylic acids is 2. The molecule has 0 fully saturated rings. The highest BCUT2D eigenvalue weighted by atomic mass is 32.2. The van der Waals surface area contributed by atoms with Gasteiger partial charge < -0.3 is 15.0 Å². The smallest absolute Gasteiger partial charge is 0.244 e. The van der Waals surface area contributed by atoms with E-state index >= 15 is 0 Å². The van der Waals surface area contributed by atoms with Gasteiger partial charge in [0.25, 0.3) is 0 Å². The number of nitrogens with one attached hydrogen (secondary N) is 1. The molecule has 0 aliphatic heterocycles. The van der Waals surface area contributed by atoms with Crippen LogP contribution in [0.2, 0.25) is 0 Å². The average molecular weight is 504 g/mol. The van der Waals surface area contributed by atoms with Gasteiger partial charge in [-0.05, 0) is 56.5 Å². The Kier molecular flexibility index (Phi) is 10.1. The van der Waals surface area contributed by atoms with Gasteiger partial charge in [0.2, 0.25) is 21.8 Å². The summed E-state index contributed by atoms with van der Waals surface area (Å²) < 4.78 is 31.7. The Labute approximate surface area is 209 Å². The first kappa shape index (κ1) is 28.2. The normalized spacial score (nSPS) is 12.1. The van der Waals surface area contributed by atoms with Gasteiger partial charge in [-0.15, -0.1) is 0 Å². The van der Waals surface area contributed by atoms with Crippen LogP contribution in [0, 0.1) is 13.8 Å². The van der Waals surface area contributed by atoms with Crippen molar-refractivity contribution < 1.29 is 22.7 Å². The fourth-order valence-electron chi connectivity index (χ4n) is 3.73. The molecule has 0 heterocycles. The van der Waals surface area contributed by atoms with Gasteiger partial charge in [-0.1, -0.05) is 43.2 Å². The first-order valence-electron chi connectivity index (χ1n) is 11.7. The van der Waals surface area contributed by atoms with Crippen LogP contribution in [-0.2, 0) is 26.2 Å². The van der Waals surface area contributed by atoms with E-state index in [9.17, 15) is 18.0 Å². The third-order valence-electron chi connectivity index (χ3n) is 5.81. The highest BCUT2D eigenvalue weighted by Gasteiger charge is 2.30. The molecule has 8 nitrogen and oxygen atoms in total. The third-order valence-corrected chi connectivity index (χ3v) is 6.94. The Morgan fingerprint density at radius 2 is 1.74 bits per heavy atom. The van der Waals surface area contributed by atoms with Crippen LogP contribution in [0.5, 0.6) is 5.75 Å². The Morgan fingerprint density at radius 3 is 2.29 bits per heavy atom. The first-order chi connectivity index (χ1) is 16.5. The summed E-state index contributed by atoms with van der Waals surface area (Å²) in [6.45, 7) is 7.67. The van der Waals surface area contributed by atoms with Crippen molar-refractivity contribution in [3.8, 4) is 5.75 Å². The highest BCUT2D eigenvalue weighted by Crippen LogP contribution is 2.24. The van der Waals surface area contributed by atoms with E-state index in [0.717, 1.165) is 40.1 Å². The molecular weight excluding hydrogens is 466 g/mol. The Morgan fingerprint density at radius 1 is 1.09 bits per heavy atom. The molecule has 192 valence electrons. The number of hydrogen-bond acceptors (Lipinski definition) is 5. The fourth-order valence-corrected chi connectivity index (χ4v) is 4.63. The zero-order chi connectivity index (χ0) is 26.2. The molecule has 0 saturated heterocycles. The average Bonchev–Trinajstić information content (AvgIpc) is 2.80. The van der Waals surface area contributed by atoms with E-state index < -0.39 is 28.5 Å². The van der Waals surface area contributed by atoms with Crippen molar-refractivity contribution in [3.63, 3.8) is 0 Å². The van der Waals surface area contributed by atoms with Crippen LogP contribution in [-0.4, -0.2) is 57.6 Å². The van der Waals surface area contributed by atoms with Crippen molar-refractivity contribution in [2.24, 2.45) is 0 Å². The van der Waals surface area contributed by atoms with Crippen LogP contribution in [0.15, 0.2) is 42.5 Å². The molecule has 0 aromatic heterocycles. The number of ether oxygens (including phenoxy) is 1. The molecule has 1 unspecified atom stereocenters. The molecule has 2 aromatic carbocycles. The zero-order valence-corrected chi connectivity index (χ0v) is 22.3. The van der Waals surface area contributed by atoms with Crippen LogP contribution in [0.4, 0.5) is 5.69 Å².